The van der Waals surface area contributed by atoms with Crippen LogP contribution in [0.3, 0.4) is 0 Å². The smallest absolute Gasteiger partial charge is 0.213 e. The van der Waals surface area contributed by atoms with Crippen molar-refractivity contribution in [3.05, 3.63) is 89.5 Å². The predicted molar refractivity (Wildman–Crippen MR) is 122 cm³/mol. The van der Waals surface area contributed by atoms with E-state index in [1.54, 1.807) is 0 Å². The summed E-state index contributed by atoms with van der Waals surface area (Å²) in [6.07, 6.45) is 11.6. The van der Waals surface area contributed by atoms with Gasteiger partial charge in [-0.1, -0.05) is 78.6 Å². The van der Waals surface area contributed by atoms with E-state index in [9.17, 15) is 0 Å². The Kier molecular flexibility index (Phi) is 19.3. The summed E-state index contributed by atoms with van der Waals surface area (Å²) >= 11 is 0. The molecule has 3 aromatic rings. The van der Waals surface area contributed by atoms with Crippen LogP contribution >= 0.6 is 0 Å². The molecule has 0 aliphatic heterocycles. The van der Waals surface area contributed by atoms with Crippen LogP contribution in [0.4, 0.5) is 0 Å². The van der Waals surface area contributed by atoms with Crippen LogP contribution in [0.2, 0.25) is 0 Å². The summed E-state index contributed by atoms with van der Waals surface area (Å²) in [6.45, 7) is 6.68. The molecule has 0 fully saturated rings. The molecule has 0 saturated carbocycles. The molecular weight excluding hydrogens is 464 g/mol. The zero-order chi connectivity index (χ0) is 19.6. The van der Waals surface area contributed by atoms with Gasteiger partial charge in [0.2, 0.25) is 0 Å². The molecule has 0 spiro atoms. The van der Waals surface area contributed by atoms with Crippen molar-refractivity contribution < 1.29 is 41.7 Å². The Bertz CT molecular complexity index is 508. The van der Waals surface area contributed by atoms with E-state index in [-0.39, 0.29) is 41.7 Å². The van der Waals surface area contributed by atoms with Crippen LogP contribution in [0.15, 0.2) is 72.8 Å². The van der Waals surface area contributed by atoms with Gasteiger partial charge in [0.05, 0.1) is 0 Å². The Hall–Kier alpha value is -0.573. The minimum Gasteiger partial charge on any atom is -0.213 e. The van der Waals surface area contributed by atoms with Gasteiger partial charge in [-0.05, 0) is 0 Å². The number of unbranched alkanes of at least 4 members (excludes halogenated alkanes) is 3. The second-order valence-electron chi connectivity index (χ2n) is 7.19. The molecule has 0 unspecified atom stereocenters. The quantitative estimate of drug-likeness (QED) is 0.258. The number of hydrogen-bond acceptors (Lipinski definition) is 0. The maximum atomic E-state index is 2.23. The monoisotopic (exact) mass is 503 g/mol. The molecule has 0 atom stereocenters. The zero-order valence-electron chi connectivity index (χ0n) is 18.3. The standard InChI is InChI=1S/3C9H13.Ce/c3*1-2-3-6-9-7-4-5-8-9;/h3*4-5,7-8H,2-3,6H2,1H3;/q3*-1;+3. The molecule has 0 saturated heterocycles. The van der Waals surface area contributed by atoms with Crippen molar-refractivity contribution in [1.82, 2.24) is 0 Å². The summed E-state index contributed by atoms with van der Waals surface area (Å²) in [5, 5.41) is 0. The van der Waals surface area contributed by atoms with Crippen molar-refractivity contribution in [2.45, 2.75) is 78.6 Å². The topological polar surface area (TPSA) is 0 Å². The molecule has 0 N–H and O–H groups in total. The van der Waals surface area contributed by atoms with Crippen molar-refractivity contribution in [2.24, 2.45) is 0 Å². The average Bonchev–Trinajstić information content (AvgIpc) is 3.47. The fourth-order valence-electron chi connectivity index (χ4n) is 2.88. The van der Waals surface area contributed by atoms with Crippen LogP contribution < -0.4 is 0 Å². The fourth-order valence-corrected chi connectivity index (χ4v) is 2.88. The van der Waals surface area contributed by atoms with Gasteiger partial charge in [0.1, 0.15) is 0 Å². The van der Waals surface area contributed by atoms with Gasteiger partial charge >= 0.3 is 41.7 Å². The minimum absolute atomic E-state index is 0. The van der Waals surface area contributed by atoms with Gasteiger partial charge in [-0.25, -0.2) is 36.4 Å². The average molecular weight is 504 g/mol. The van der Waals surface area contributed by atoms with E-state index in [0.29, 0.717) is 0 Å². The molecule has 28 heavy (non-hydrogen) atoms. The number of rotatable bonds is 9. The van der Waals surface area contributed by atoms with E-state index in [1.165, 1.54) is 74.5 Å². The van der Waals surface area contributed by atoms with Gasteiger partial charge in [0, 0.05) is 0 Å². The molecule has 151 valence electrons. The molecule has 0 bridgehead atoms. The van der Waals surface area contributed by atoms with Crippen LogP contribution in [-0.4, -0.2) is 0 Å². The van der Waals surface area contributed by atoms with Crippen molar-refractivity contribution in [1.29, 1.82) is 0 Å². The second-order valence-corrected chi connectivity index (χ2v) is 7.19. The summed E-state index contributed by atoms with van der Waals surface area (Å²) in [5.41, 5.74) is 4.45. The predicted octanol–water partition coefficient (Wildman–Crippen LogP) is 8.24. The molecule has 1 radical (unpaired) electrons. The van der Waals surface area contributed by atoms with Crippen LogP contribution in [0.25, 0.3) is 0 Å². The Morgan fingerprint density at radius 1 is 0.429 bits per heavy atom. The van der Waals surface area contributed by atoms with Crippen LogP contribution in [-0.2, 0) is 19.3 Å². The molecule has 0 aliphatic carbocycles. The van der Waals surface area contributed by atoms with E-state index in [0.717, 1.165) is 0 Å². The van der Waals surface area contributed by atoms with E-state index in [1.807, 2.05) is 0 Å². The van der Waals surface area contributed by atoms with Gasteiger partial charge in [0.25, 0.3) is 0 Å². The summed E-state index contributed by atoms with van der Waals surface area (Å²) in [6, 6.07) is 25.8. The second kappa shape index (κ2) is 19.7. The van der Waals surface area contributed by atoms with Gasteiger partial charge in [-0.15, -0.1) is 0 Å². The molecule has 0 amide bonds. The fraction of sp³-hybridized carbons (Fsp3) is 0.444. The number of aryl methyl sites for hydroxylation is 3. The Morgan fingerprint density at radius 2 is 0.643 bits per heavy atom. The van der Waals surface area contributed by atoms with Crippen molar-refractivity contribution in [3.63, 3.8) is 0 Å². The Balaban J connectivity index is 0.000000384. The first-order valence-electron chi connectivity index (χ1n) is 10.9. The van der Waals surface area contributed by atoms with Crippen molar-refractivity contribution >= 4 is 0 Å². The van der Waals surface area contributed by atoms with Gasteiger partial charge in [-0.2, -0.15) is 53.1 Å². The molecule has 3 rings (SSSR count). The van der Waals surface area contributed by atoms with E-state index in [4.69, 9.17) is 0 Å². The summed E-state index contributed by atoms with van der Waals surface area (Å²) < 4.78 is 0. The van der Waals surface area contributed by atoms with E-state index in [2.05, 4.69) is 93.6 Å². The minimum atomic E-state index is 0. The largest absolute Gasteiger partial charge is 3.00 e. The first kappa shape index (κ1) is 27.4. The van der Waals surface area contributed by atoms with Gasteiger partial charge < -0.3 is 0 Å². The molecule has 3 aromatic carbocycles. The van der Waals surface area contributed by atoms with Crippen molar-refractivity contribution in [2.75, 3.05) is 0 Å². The van der Waals surface area contributed by atoms with Crippen LogP contribution in [0.1, 0.15) is 76.0 Å². The number of hydrogen-bond donors (Lipinski definition) is 0. The van der Waals surface area contributed by atoms with E-state index >= 15 is 0 Å². The summed E-state index contributed by atoms with van der Waals surface area (Å²) in [4.78, 5) is 0. The molecule has 0 aromatic heterocycles. The van der Waals surface area contributed by atoms with Crippen molar-refractivity contribution in [3.8, 4) is 0 Å². The Labute approximate surface area is 208 Å². The maximum absolute atomic E-state index is 2.23. The first-order chi connectivity index (χ1) is 13.3. The molecule has 0 aliphatic rings. The molecule has 1 heteroatoms. The van der Waals surface area contributed by atoms with Gasteiger partial charge in [-0.3, -0.25) is 0 Å². The first-order valence-corrected chi connectivity index (χ1v) is 10.9. The summed E-state index contributed by atoms with van der Waals surface area (Å²) in [5.74, 6) is 0. The molecular formula is C27H39Ce. The normalized spacial score (nSPS) is 9.54. The van der Waals surface area contributed by atoms with Gasteiger partial charge in [0.15, 0.2) is 0 Å². The third-order valence-electron chi connectivity index (χ3n) is 4.65. The molecule has 0 heterocycles. The zero-order valence-corrected chi connectivity index (χ0v) is 21.4. The van der Waals surface area contributed by atoms with Crippen LogP contribution in [0, 0.1) is 41.7 Å². The SMILES string of the molecule is CCCC[c-]1cccc1.CCCC[c-]1cccc1.CCCC[c-]1cccc1.[Ce+3]. The third kappa shape index (κ3) is 14.4. The van der Waals surface area contributed by atoms with Crippen LogP contribution in [0.5, 0.6) is 0 Å². The molecule has 0 nitrogen and oxygen atoms in total. The summed E-state index contributed by atoms with van der Waals surface area (Å²) in [7, 11) is 0. The maximum Gasteiger partial charge on any atom is 3.00 e. The Morgan fingerprint density at radius 3 is 0.821 bits per heavy atom. The third-order valence-corrected chi connectivity index (χ3v) is 4.65. The van der Waals surface area contributed by atoms with E-state index < -0.39 is 0 Å².